The molecule has 2 rings (SSSR count). The average molecular weight is 269 g/mol. The maximum absolute atomic E-state index is 11.8. The zero-order chi connectivity index (χ0) is 12.4. The average Bonchev–Trinajstić information content (AvgIpc) is 2.87. The van der Waals surface area contributed by atoms with Crippen LogP contribution < -0.4 is 11.1 Å². The lowest BCUT2D eigenvalue weighted by Crippen LogP contribution is -2.26. The van der Waals surface area contributed by atoms with Crippen molar-refractivity contribution in [3.05, 3.63) is 21.1 Å². The van der Waals surface area contributed by atoms with Crippen molar-refractivity contribution in [1.82, 2.24) is 20.5 Å². The van der Waals surface area contributed by atoms with Gasteiger partial charge >= 0.3 is 0 Å². The summed E-state index contributed by atoms with van der Waals surface area (Å²) in [6, 6.07) is -0.147. The van der Waals surface area contributed by atoms with Crippen LogP contribution in [0.15, 0.2) is 5.38 Å². The molecule has 8 heteroatoms. The second-order valence-electron chi connectivity index (χ2n) is 3.47. The van der Waals surface area contributed by atoms with Gasteiger partial charge in [0.05, 0.1) is 6.04 Å². The second kappa shape index (κ2) is 4.76. The molecule has 2 aromatic heterocycles. The van der Waals surface area contributed by atoms with Gasteiger partial charge in [0.2, 0.25) is 10.1 Å². The number of amides is 1. The van der Waals surface area contributed by atoms with Crippen molar-refractivity contribution >= 4 is 33.7 Å². The van der Waals surface area contributed by atoms with Gasteiger partial charge in [-0.3, -0.25) is 4.79 Å². The minimum Gasteiger partial charge on any atom is -0.374 e. The summed E-state index contributed by atoms with van der Waals surface area (Å²) in [4.78, 5) is 16.1. The van der Waals surface area contributed by atoms with Crippen molar-refractivity contribution in [3.63, 3.8) is 0 Å². The Hall–Kier alpha value is -1.54. The topological polar surface area (TPSA) is 93.8 Å². The van der Waals surface area contributed by atoms with E-state index in [4.69, 9.17) is 5.73 Å². The van der Waals surface area contributed by atoms with Crippen LogP contribution >= 0.6 is 22.7 Å². The third-order valence-electron chi connectivity index (χ3n) is 1.99. The van der Waals surface area contributed by atoms with Crippen molar-refractivity contribution < 1.29 is 4.79 Å². The number of nitrogens with two attached hydrogens (primary N) is 1. The van der Waals surface area contributed by atoms with Gasteiger partial charge in [-0.2, -0.15) is 0 Å². The van der Waals surface area contributed by atoms with Gasteiger partial charge in [-0.1, -0.05) is 11.3 Å². The minimum absolute atomic E-state index is 0.147. The summed E-state index contributed by atoms with van der Waals surface area (Å²) in [7, 11) is 0. The molecule has 1 amide bonds. The Morgan fingerprint density at radius 3 is 2.82 bits per heavy atom. The monoisotopic (exact) mass is 269 g/mol. The summed E-state index contributed by atoms with van der Waals surface area (Å²) in [5.74, 6) is -0.278. The number of hydrogen-bond acceptors (Lipinski definition) is 7. The normalized spacial score (nSPS) is 12.4. The summed E-state index contributed by atoms with van der Waals surface area (Å²) in [5.41, 5.74) is 6.37. The standard InChI is InChI=1S/C9H11N5OS2/c1-4-3-16-7(11-4)5(2)12-6(15)8-13-14-9(10)17-8/h3,5H,1-2H3,(H2,10,14)(H,12,15). The molecule has 0 aromatic carbocycles. The number of aryl methyl sites for hydroxylation is 1. The minimum atomic E-state index is -0.278. The molecule has 0 bridgehead atoms. The fourth-order valence-corrected chi connectivity index (χ4v) is 2.53. The first-order chi connectivity index (χ1) is 8.06. The van der Waals surface area contributed by atoms with Crippen LogP contribution in [0.2, 0.25) is 0 Å². The number of nitrogens with zero attached hydrogens (tertiary/aromatic N) is 3. The van der Waals surface area contributed by atoms with E-state index in [0.29, 0.717) is 0 Å². The van der Waals surface area contributed by atoms with Gasteiger partial charge in [-0.25, -0.2) is 4.98 Å². The molecule has 1 atom stereocenters. The van der Waals surface area contributed by atoms with Gasteiger partial charge in [-0.15, -0.1) is 21.5 Å². The Morgan fingerprint density at radius 1 is 1.53 bits per heavy atom. The summed E-state index contributed by atoms with van der Waals surface area (Å²) < 4.78 is 0. The van der Waals surface area contributed by atoms with Gasteiger partial charge < -0.3 is 11.1 Å². The zero-order valence-corrected chi connectivity index (χ0v) is 10.9. The number of carbonyl (C=O) groups excluding carboxylic acids is 1. The maximum Gasteiger partial charge on any atom is 0.282 e. The fraction of sp³-hybridized carbons (Fsp3) is 0.333. The third kappa shape index (κ3) is 2.77. The van der Waals surface area contributed by atoms with E-state index in [1.807, 2.05) is 19.2 Å². The molecular weight excluding hydrogens is 258 g/mol. The van der Waals surface area contributed by atoms with E-state index < -0.39 is 0 Å². The smallest absolute Gasteiger partial charge is 0.282 e. The molecule has 2 heterocycles. The number of anilines is 1. The van der Waals surface area contributed by atoms with Crippen molar-refractivity contribution in [2.24, 2.45) is 0 Å². The SMILES string of the molecule is Cc1csc(C(C)NC(=O)c2nnc(N)s2)n1. The summed E-state index contributed by atoms with van der Waals surface area (Å²) >= 11 is 2.58. The van der Waals surface area contributed by atoms with E-state index in [0.717, 1.165) is 22.0 Å². The largest absolute Gasteiger partial charge is 0.374 e. The van der Waals surface area contributed by atoms with E-state index in [2.05, 4.69) is 20.5 Å². The molecule has 0 fully saturated rings. The number of hydrogen-bond donors (Lipinski definition) is 2. The third-order valence-corrected chi connectivity index (χ3v) is 3.89. The fourth-order valence-electron chi connectivity index (χ4n) is 1.22. The molecule has 0 radical (unpaired) electrons. The van der Waals surface area contributed by atoms with Gasteiger partial charge in [-0.05, 0) is 13.8 Å². The molecule has 2 aromatic rings. The molecule has 0 aliphatic heterocycles. The molecule has 0 spiro atoms. The first kappa shape index (κ1) is 11.9. The molecule has 17 heavy (non-hydrogen) atoms. The van der Waals surface area contributed by atoms with E-state index in [9.17, 15) is 4.79 Å². The van der Waals surface area contributed by atoms with Crippen molar-refractivity contribution in [2.45, 2.75) is 19.9 Å². The van der Waals surface area contributed by atoms with Crippen LogP contribution in [0.5, 0.6) is 0 Å². The second-order valence-corrected chi connectivity index (χ2v) is 5.37. The number of nitrogen functional groups attached to an aromatic ring is 1. The molecular formula is C9H11N5OS2. The first-order valence-corrected chi connectivity index (χ1v) is 6.57. The molecule has 0 aliphatic rings. The van der Waals surface area contributed by atoms with Crippen molar-refractivity contribution in [2.75, 3.05) is 5.73 Å². The van der Waals surface area contributed by atoms with Crippen LogP contribution in [-0.4, -0.2) is 21.1 Å². The lowest BCUT2D eigenvalue weighted by molar-refractivity contribution is 0.0938. The quantitative estimate of drug-likeness (QED) is 0.877. The highest BCUT2D eigenvalue weighted by molar-refractivity contribution is 7.16. The zero-order valence-electron chi connectivity index (χ0n) is 9.30. The van der Waals surface area contributed by atoms with Gasteiger partial charge in [0.1, 0.15) is 5.01 Å². The van der Waals surface area contributed by atoms with Crippen LogP contribution in [0.3, 0.4) is 0 Å². The highest BCUT2D eigenvalue weighted by atomic mass is 32.1. The number of rotatable bonds is 3. The van der Waals surface area contributed by atoms with Crippen LogP contribution in [0.25, 0.3) is 0 Å². The molecule has 0 aliphatic carbocycles. The van der Waals surface area contributed by atoms with E-state index >= 15 is 0 Å². The van der Waals surface area contributed by atoms with Gasteiger partial charge in [0.25, 0.3) is 5.91 Å². The number of aromatic nitrogens is 3. The van der Waals surface area contributed by atoms with Gasteiger partial charge in [0, 0.05) is 11.1 Å². The molecule has 3 N–H and O–H groups in total. The Morgan fingerprint density at radius 2 is 2.29 bits per heavy atom. The molecule has 0 saturated heterocycles. The lowest BCUT2D eigenvalue weighted by atomic mass is 10.3. The van der Waals surface area contributed by atoms with Crippen LogP contribution in [0, 0.1) is 6.92 Å². The van der Waals surface area contributed by atoms with Crippen LogP contribution in [0.4, 0.5) is 5.13 Å². The number of nitrogens with one attached hydrogen (secondary N) is 1. The first-order valence-electron chi connectivity index (χ1n) is 4.88. The van der Waals surface area contributed by atoms with Gasteiger partial charge in [0.15, 0.2) is 0 Å². The predicted molar refractivity (Wildman–Crippen MR) is 67.1 cm³/mol. The molecule has 6 nitrogen and oxygen atoms in total. The van der Waals surface area contributed by atoms with E-state index in [1.165, 1.54) is 11.3 Å². The highest BCUT2D eigenvalue weighted by Gasteiger charge is 2.17. The Balaban J connectivity index is 2.04. The summed E-state index contributed by atoms with van der Waals surface area (Å²) in [5, 5.41) is 13.4. The molecule has 90 valence electrons. The maximum atomic E-state index is 11.8. The number of thiazole rings is 1. The highest BCUT2D eigenvalue weighted by Crippen LogP contribution is 2.18. The summed E-state index contributed by atoms with van der Waals surface area (Å²) in [6.07, 6.45) is 0. The lowest BCUT2D eigenvalue weighted by Gasteiger charge is -2.08. The predicted octanol–water partition coefficient (Wildman–Crippen LogP) is 1.38. The summed E-state index contributed by atoms with van der Waals surface area (Å²) in [6.45, 7) is 3.79. The van der Waals surface area contributed by atoms with Crippen LogP contribution in [0.1, 0.15) is 33.5 Å². The molecule has 0 saturated carbocycles. The Bertz CT molecular complexity index is 535. The van der Waals surface area contributed by atoms with E-state index in [-0.39, 0.29) is 22.1 Å². The van der Waals surface area contributed by atoms with E-state index in [1.54, 1.807) is 0 Å². The van der Waals surface area contributed by atoms with Crippen molar-refractivity contribution in [1.29, 1.82) is 0 Å². The van der Waals surface area contributed by atoms with Crippen molar-refractivity contribution in [3.8, 4) is 0 Å². The molecule has 1 unspecified atom stereocenters. The Labute approximate surface area is 106 Å². The van der Waals surface area contributed by atoms with Crippen LogP contribution in [-0.2, 0) is 0 Å². The number of carbonyl (C=O) groups is 1. The Kier molecular flexibility index (Phi) is 3.34.